The fourth-order valence-electron chi connectivity index (χ4n) is 2.06. The summed E-state index contributed by atoms with van der Waals surface area (Å²) in [6, 6.07) is 8.00. The number of thiocarbonyl (C=S) groups is 1. The van der Waals surface area contributed by atoms with E-state index in [9.17, 15) is 4.79 Å². The maximum absolute atomic E-state index is 12.4. The summed E-state index contributed by atoms with van der Waals surface area (Å²) in [6.07, 6.45) is 2.11. The summed E-state index contributed by atoms with van der Waals surface area (Å²) >= 11 is 6.56. The molecule has 0 atom stereocenters. The molecule has 1 saturated carbocycles. The third kappa shape index (κ3) is 1.89. The maximum atomic E-state index is 12.4. The van der Waals surface area contributed by atoms with Gasteiger partial charge in [0.05, 0.1) is 16.1 Å². The quantitative estimate of drug-likeness (QED) is 0.876. The van der Waals surface area contributed by atoms with Crippen LogP contribution in [0.3, 0.4) is 0 Å². The molecule has 0 saturated heterocycles. The van der Waals surface area contributed by atoms with Crippen molar-refractivity contribution in [2.75, 3.05) is 0 Å². The van der Waals surface area contributed by atoms with Gasteiger partial charge >= 0.3 is 0 Å². The summed E-state index contributed by atoms with van der Waals surface area (Å²) in [6.45, 7) is 0. The zero-order chi connectivity index (χ0) is 12.7. The van der Waals surface area contributed by atoms with E-state index in [-0.39, 0.29) is 10.5 Å². The highest BCUT2D eigenvalue weighted by atomic mass is 32.1. The number of hydrogen-bond donors (Lipinski definition) is 1. The van der Waals surface area contributed by atoms with Gasteiger partial charge in [-0.25, -0.2) is 0 Å². The Labute approximate surface area is 114 Å². The maximum Gasteiger partial charge on any atom is 0.261 e. The van der Waals surface area contributed by atoms with E-state index in [0.717, 1.165) is 23.4 Å². The lowest BCUT2D eigenvalue weighted by atomic mass is 10.2. The Morgan fingerprint density at radius 1 is 1.39 bits per heavy atom. The molecule has 0 amide bonds. The number of thiophene rings is 1. The van der Waals surface area contributed by atoms with Crippen molar-refractivity contribution in [3.63, 3.8) is 0 Å². The second-order valence-corrected chi connectivity index (χ2v) is 5.77. The first-order chi connectivity index (χ1) is 8.68. The van der Waals surface area contributed by atoms with Crippen molar-refractivity contribution in [1.29, 1.82) is 0 Å². The second kappa shape index (κ2) is 4.33. The van der Waals surface area contributed by atoms with Crippen molar-refractivity contribution in [3.05, 3.63) is 45.6 Å². The predicted octanol–water partition coefficient (Wildman–Crippen LogP) is 2.55. The van der Waals surface area contributed by atoms with E-state index in [1.165, 1.54) is 0 Å². The van der Waals surface area contributed by atoms with Crippen molar-refractivity contribution in [3.8, 4) is 10.6 Å². The van der Waals surface area contributed by atoms with Gasteiger partial charge in [-0.05, 0) is 36.4 Å². The van der Waals surface area contributed by atoms with Crippen LogP contribution in [0.5, 0.6) is 0 Å². The van der Waals surface area contributed by atoms with Crippen LogP contribution in [0.15, 0.2) is 34.4 Å². The molecule has 0 unspecified atom stereocenters. The summed E-state index contributed by atoms with van der Waals surface area (Å²) in [7, 11) is 0. The zero-order valence-electron chi connectivity index (χ0n) is 9.63. The molecule has 0 radical (unpaired) electrons. The molecular formula is C13H12N2OS2. The second-order valence-electron chi connectivity index (χ2n) is 4.38. The molecule has 5 heteroatoms. The monoisotopic (exact) mass is 276 g/mol. The van der Waals surface area contributed by atoms with Crippen LogP contribution in [0, 0.1) is 0 Å². The third-order valence-electron chi connectivity index (χ3n) is 3.07. The van der Waals surface area contributed by atoms with Gasteiger partial charge in [-0.2, -0.15) is 0 Å². The number of pyridine rings is 1. The molecule has 92 valence electrons. The smallest absolute Gasteiger partial charge is 0.261 e. The molecule has 2 N–H and O–H groups in total. The van der Waals surface area contributed by atoms with Crippen LogP contribution in [0.4, 0.5) is 0 Å². The highest BCUT2D eigenvalue weighted by Crippen LogP contribution is 2.38. The molecule has 1 aliphatic rings. The van der Waals surface area contributed by atoms with E-state index < -0.39 is 0 Å². The van der Waals surface area contributed by atoms with Gasteiger partial charge in [0.25, 0.3) is 5.56 Å². The predicted molar refractivity (Wildman–Crippen MR) is 78.2 cm³/mol. The minimum Gasteiger partial charge on any atom is -0.389 e. The lowest BCUT2D eigenvalue weighted by Crippen LogP contribution is -2.29. The Hall–Kier alpha value is -1.46. The standard InChI is InChI=1S/C13H12N2OS2/c14-12(17)9-5-6-10(11-2-1-7-18-11)15(13(9)16)8-3-4-8/h1-2,5-8H,3-4H2,(H2,14,17). The molecule has 3 rings (SSSR count). The Kier molecular flexibility index (Phi) is 2.80. The van der Waals surface area contributed by atoms with Crippen LogP contribution in [0.25, 0.3) is 10.6 Å². The SMILES string of the molecule is NC(=S)c1ccc(-c2cccs2)n(C2CC2)c1=O. The molecular weight excluding hydrogens is 264 g/mol. The molecule has 2 aromatic rings. The van der Waals surface area contributed by atoms with Crippen molar-refractivity contribution in [2.24, 2.45) is 5.73 Å². The van der Waals surface area contributed by atoms with Gasteiger partial charge in [-0.1, -0.05) is 18.3 Å². The van der Waals surface area contributed by atoms with Crippen molar-refractivity contribution in [2.45, 2.75) is 18.9 Å². The molecule has 1 aliphatic carbocycles. The zero-order valence-corrected chi connectivity index (χ0v) is 11.3. The summed E-state index contributed by atoms with van der Waals surface area (Å²) in [5.41, 5.74) is 6.95. The van der Waals surface area contributed by atoms with E-state index in [0.29, 0.717) is 11.6 Å². The Bertz CT molecular complexity index is 654. The van der Waals surface area contributed by atoms with Crippen molar-refractivity contribution >= 4 is 28.5 Å². The first kappa shape index (κ1) is 11.6. The van der Waals surface area contributed by atoms with Crippen molar-refractivity contribution in [1.82, 2.24) is 4.57 Å². The molecule has 0 aromatic carbocycles. The van der Waals surface area contributed by atoms with Gasteiger partial charge in [0.15, 0.2) is 0 Å². The van der Waals surface area contributed by atoms with Crippen LogP contribution < -0.4 is 11.3 Å². The average Bonchev–Trinajstić information content (AvgIpc) is 3.03. The van der Waals surface area contributed by atoms with Gasteiger partial charge in [-0.3, -0.25) is 4.79 Å². The fraction of sp³-hybridized carbons (Fsp3) is 0.231. The minimum atomic E-state index is -0.0594. The lowest BCUT2D eigenvalue weighted by molar-refractivity contribution is 0.715. The molecule has 0 aliphatic heterocycles. The molecule has 0 spiro atoms. The molecule has 0 bridgehead atoms. The summed E-state index contributed by atoms with van der Waals surface area (Å²) in [4.78, 5) is 13.7. The largest absolute Gasteiger partial charge is 0.389 e. The molecule has 2 aromatic heterocycles. The topological polar surface area (TPSA) is 48.0 Å². The Morgan fingerprint density at radius 2 is 2.17 bits per heavy atom. The van der Waals surface area contributed by atoms with Crippen LogP contribution in [0.2, 0.25) is 0 Å². The summed E-state index contributed by atoms with van der Waals surface area (Å²) in [5.74, 6) is 0. The van der Waals surface area contributed by atoms with Crippen LogP contribution in [-0.4, -0.2) is 9.56 Å². The molecule has 1 fully saturated rings. The molecule has 18 heavy (non-hydrogen) atoms. The van der Waals surface area contributed by atoms with Gasteiger partial charge in [0, 0.05) is 6.04 Å². The van der Waals surface area contributed by atoms with Crippen LogP contribution >= 0.6 is 23.6 Å². The normalized spacial score (nSPS) is 14.7. The van der Waals surface area contributed by atoms with Crippen LogP contribution in [0.1, 0.15) is 24.4 Å². The van der Waals surface area contributed by atoms with Gasteiger partial charge in [0.1, 0.15) is 4.99 Å². The highest BCUT2D eigenvalue weighted by Gasteiger charge is 2.28. The van der Waals surface area contributed by atoms with Crippen LogP contribution in [-0.2, 0) is 0 Å². The number of nitrogens with zero attached hydrogens (tertiary/aromatic N) is 1. The van der Waals surface area contributed by atoms with E-state index >= 15 is 0 Å². The fourth-order valence-corrected chi connectivity index (χ4v) is 2.96. The van der Waals surface area contributed by atoms with Gasteiger partial charge in [-0.15, -0.1) is 11.3 Å². The number of rotatable bonds is 3. The summed E-state index contributed by atoms with van der Waals surface area (Å²) in [5, 5.41) is 2.01. The van der Waals surface area contributed by atoms with E-state index in [1.54, 1.807) is 17.4 Å². The van der Waals surface area contributed by atoms with Crippen molar-refractivity contribution < 1.29 is 0 Å². The Balaban J connectivity index is 2.24. The first-order valence-electron chi connectivity index (χ1n) is 5.77. The van der Waals surface area contributed by atoms with E-state index in [1.807, 2.05) is 28.1 Å². The average molecular weight is 276 g/mol. The highest BCUT2D eigenvalue weighted by molar-refractivity contribution is 7.80. The molecule has 2 heterocycles. The molecule has 3 nitrogen and oxygen atoms in total. The van der Waals surface area contributed by atoms with E-state index in [4.69, 9.17) is 18.0 Å². The summed E-state index contributed by atoms with van der Waals surface area (Å²) < 4.78 is 1.85. The lowest BCUT2D eigenvalue weighted by Gasteiger charge is -2.12. The third-order valence-corrected chi connectivity index (χ3v) is 4.18. The number of hydrogen-bond acceptors (Lipinski definition) is 3. The van der Waals surface area contributed by atoms with Gasteiger partial charge in [0.2, 0.25) is 0 Å². The number of nitrogens with two attached hydrogens (primary N) is 1. The van der Waals surface area contributed by atoms with E-state index in [2.05, 4.69) is 0 Å². The minimum absolute atomic E-state index is 0.0594. The number of aromatic nitrogens is 1. The Morgan fingerprint density at radius 3 is 2.72 bits per heavy atom. The first-order valence-corrected chi connectivity index (χ1v) is 7.06. The van der Waals surface area contributed by atoms with Gasteiger partial charge < -0.3 is 10.3 Å².